The molecule has 0 saturated heterocycles. The molecule has 0 heterocycles. The number of carbonyl (C=O) groups excluding carboxylic acids is 1. The van der Waals surface area contributed by atoms with E-state index in [1.165, 1.54) is 11.0 Å². The third kappa shape index (κ3) is 2.50. The molecular weight excluding hydrogens is 245 g/mol. The van der Waals surface area contributed by atoms with E-state index in [1.807, 2.05) is 0 Å². The van der Waals surface area contributed by atoms with Gasteiger partial charge in [0.2, 0.25) is 5.91 Å². The van der Waals surface area contributed by atoms with E-state index in [4.69, 9.17) is 5.11 Å². The first-order chi connectivity index (χ1) is 9.12. The van der Waals surface area contributed by atoms with E-state index in [0.717, 1.165) is 12.8 Å². The maximum Gasteiger partial charge on any atom is 0.233 e. The Morgan fingerprint density at radius 3 is 2.58 bits per heavy atom. The number of hydrogen-bond acceptors (Lipinski definition) is 2. The molecule has 0 unspecified atom stereocenters. The second-order valence-corrected chi connectivity index (χ2v) is 5.22. The van der Waals surface area contributed by atoms with Crippen LogP contribution in [-0.2, 0) is 10.2 Å². The number of carbonyl (C=O) groups is 1. The Labute approximate surface area is 113 Å². The van der Waals surface area contributed by atoms with Gasteiger partial charge in [-0.15, -0.1) is 0 Å². The second-order valence-electron chi connectivity index (χ2n) is 5.22. The van der Waals surface area contributed by atoms with Crippen LogP contribution in [0.5, 0.6) is 0 Å². The van der Waals surface area contributed by atoms with Gasteiger partial charge in [-0.3, -0.25) is 4.79 Å². The van der Waals surface area contributed by atoms with Crippen molar-refractivity contribution in [2.75, 3.05) is 20.2 Å². The van der Waals surface area contributed by atoms with E-state index in [0.29, 0.717) is 18.4 Å². The van der Waals surface area contributed by atoms with Gasteiger partial charge in [0.15, 0.2) is 0 Å². The van der Waals surface area contributed by atoms with Gasteiger partial charge in [0.05, 0.1) is 12.0 Å². The molecule has 0 atom stereocenters. The van der Waals surface area contributed by atoms with Gasteiger partial charge in [0.25, 0.3) is 0 Å². The molecule has 1 fully saturated rings. The van der Waals surface area contributed by atoms with Gasteiger partial charge in [-0.1, -0.05) is 31.0 Å². The van der Waals surface area contributed by atoms with Crippen molar-refractivity contribution >= 4 is 5.91 Å². The van der Waals surface area contributed by atoms with Crippen LogP contribution in [0.1, 0.15) is 31.2 Å². The summed E-state index contributed by atoms with van der Waals surface area (Å²) in [7, 11) is 1.67. The number of rotatable bonds is 4. The highest BCUT2D eigenvalue weighted by Gasteiger charge is 2.45. The third-order valence-electron chi connectivity index (χ3n) is 4.04. The molecule has 1 saturated carbocycles. The molecule has 1 amide bonds. The Morgan fingerprint density at radius 1 is 1.37 bits per heavy atom. The average Bonchev–Trinajstić information content (AvgIpc) is 2.89. The molecule has 3 nitrogen and oxygen atoms in total. The standard InChI is InChI=1S/C15H20FNO2/c1-17(10-11-18)14(19)15(8-4-5-9-15)12-6-2-3-7-13(12)16/h2-3,6-7,18H,4-5,8-11H2,1H3. The lowest BCUT2D eigenvalue weighted by Gasteiger charge is -2.33. The summed E-state index contributed by atoms with van der Waals surface area (Å²) in [5.41, 5.74) is -0.239. The zero-order chi connectivity index (χ0) is 13.9. The van der Waals surface area contributed by atoms with Crippen molar-refractivity contribution < 1.29 is 14.3 Å². The number of aliphatic hydroxyl groups excluding tert-OH is 1. The number of likely N-dealkylation sites (N-methyl/N-ethyl adjacent to an activating group) is 1. The number of hydrogen-bond donors (Lipinski definition) is 1. The lowest BCUT2D eigenvalue weighted by atomic mass is 9.77. The first-order valence-electron chi connectivity index (χ1n) is 6.73. The molecule has 0 bridgehead atoms. The first kappa shape index (κ1) is 14.0. The summed E-state index contributed by atoms with van der Waals surface area (Å²) in [6.45, 7) is 0.213. The highest BCUT2D eigenvalue weighted by Crippen LogP contribution is 2.43. The zero-order valence-electron chi connectivity index (χ0n) is 11.2. The molecule has 0 aromatic heterocycles. The van der Waals surface area contributed by atoms with Gasteiger partial charge < -0.3 is 10.0 Å². The number of halogens is 1. The number of nitrogens with zero attached hydrogens (tertiary/aromatic N) is 1. The van der Waals surface area contributed by atoms with Crippen molar-refractivity contribution in [3.8, 4) is 0 Å². The van der Waals surface area contributed by atoms with E-state index >= 15 is 0 Å². The van der Waals surface area contributed by atoms with Crippen molar-refractivity contribution in [2.24, 2.45) is 0 Å². The summed E-state index contributed by atoms with van der Waals surface area (Å²) in [6.07, 6.45) is 3.24. The number of aliphatic hydroxyl groups is 1. The first-order valence-corrected chi connectivity index (χ1v) is 6.73. The fourth-order valence-electron chi connectivity index (χ4n) is 3.04. The van der Waals surface area contributed by atoms with Crippen molar-refractivity contribution in [3.05, 3.63) is 35.6 Å². The smallest absolute Gasteiger partial charge is 0.233 e. The molecule has 1 N–H and O–H groups in total. The molecule has 1 aliphatic carbocycles. The largest absolute Gasteiger partial charge is 0.395 e. The van der Waals surface area contributed by atoms with Crippen LogP contribution in [0, 0.1) is 5.82 Å². The van der Waals surface area contributed by atoms with Crippen LogP contribution in [0.4, 0.5) is 4.39 Å². The summed E-state index contributed by atoms with van der Waals surface area (Å²) in [4.78, 5) is 14.2. The minimum atomic E-state index is -0.741. The van der Waals surface area contributed by atoms with Crippen molar-refractivity contribution in [2.45, 2.75) is 31.1 Å². The molecule has 1 aromatic rings. The van der Waals surface area contributed by atoms with Gasteiger partial charge in [-0.2, -0.15) is 0 Å². The van der Waals surface area contributed by atoms with E-state index in [9.17, 15) is 9.18 Å². The minimum Gasteiger partial charge on any atom is -0.395 e. The number of benzene rings is 1. The van der Waals surface area contributed by atoms with Gasteiger partial charge in [0, 0.05) is 19.2 Å². The molecule has 2 rings (SSSR count). The van der Waals surface area contributed by atoms with Gasteiger partial charge in [-0.05, 0) is 18.9 Å². The summed E-state index contributed by atoms with van der Waals surface area (Å²) in [6, 6.07) is 6.54. The van der Waals surface area contributed by atoms with E-state index in [-0.39, 0.29) is 24.9 Å². The van der Waals surface area contributed by atoms with Crippen LogP contribution in [0.15, 0.2) is 24.3 Å². The van der Waals surface area contributed by atoms with Crippen molar-refractivity contribution in [1.82, 2.24) is 4.90 Å². The fourth-order valence-corrected chi connectivity index (χ4v) is 3.04. The molecular formula is C15H20FNO2. The maximum atomic E-state index is 14.1. The highest BCUT2D eigenvalue weighted by molar-refractivity contribution is 5.88. The predicted octanol–water partition coefficient (Wildman–Crippen LogP) is 2.09. The Morgan fingerprint density at radius 2 is 2.00 bits per heavy atom. The molecule has 0 spiro atoms. The summed E-state index contributed by atoms with van der Waals surface area (Å²) >= 11 is 0. The van der Waals surface area contributed by atoms with Crippen LogP contribution >= 0.6 is 0 Å². The van der Waals surface area contributed by atoms with E-state index in [2.05, 4.69) is 0 Å². The molecule has 1 aromatic carbocycles. The van der Waals surface area contributed by atoms with Gasteiger partial charge >= 0.3 is 0 Å². The Bertz CT molecular complexity index is 455. The van der Waals surface area contributed by atoms with E-state index < -0.39 is 5.41 Å². The normalized spacial score (nSPS) is 17.4. The topological polar surface area (TPSA) is 40.5 Å². The van der Waals surface area contributed by atoms with Crippen LogP contribution < -0.4 is 0 Å². The minimum absolute atomic E-state index is 0.0738. The average molecular weight is 265 g/mol. The Kier molecular flexibility index (Phi) is 4.20. The SMILES string of the molecule is CN(CCO)C(=O)C1(c2ccccc2F)CCCC1. The van der Waals surface area contributed by atoms with Gasteiger partial charge in [-0.25, -0.2) is 4.39 Å². The monoisotopic (exact) mass is 265 g/mol. The van der Waals surface area contributed by atoms with Crippen LogP contribution in [-0.4, -0.2) is 36.1 Å². The van der Waals surface area contributed by atoms with Crippen LogP contribution in [0.25, 0.3) is 0 Å². The molecule has 104 valence electrons. The molecule has 0 radical (unpaired) electrons. The Balaban J connectivity index is 2.39. The second kappa shape index (κ2) is 5.70. The van der Waals surface area contributed by atoms with Crippen LogP contribution in [0.3, 0.4) is 0 Å². The fraction of sp³-hybridized carbons (Fsp3) is 0.533. The highest BCUT2D eigenvalue weighted by atomic mass is 19.1. The molecule has 1 aliphatic rings. The van der Waals surface area contributed by atoms with Gasteiger partial charge in [0.1, 0.15) is 5.82 Å². The maximum absolute atomic E-state index is 14.1. The lowest BCUT2D eigenvalue weighted by molar-refractivity contribution is -0.136. The van der Waals surface area contributed by atoms with E-state index in [1.54, 1.807) is 25.2 Å². The zero-order valence-corrected chi connectivity index (χ0v) is 11.2. The molecule has 4 heteroatoms. The Hall–Kier alpha value is -1.42. The van der Waals surface area contributed by atoms with Crippen molar-refractivity contribution in [3.63, 3.8) is 0 Å². The van der Waals surface area contributed by atoms with Crippen molar-refractivity contribution in [1.29, 1.82) is 0 Å². The lowest BCUT2D eigenvalue weighted by Crippen LogP contribution is -2.45. The number of amides is 1. The quantitative estimate of drug-likeness (QED) is 0.905. The third-order valence-corrected chi connectivity index (χ3v) is 4.04. The summed E-state index contributed by atoms with van der Waals surface area (Å²) in [5.74, 6) is -0.390. The summed E-state index contributed by atoms with van der Waals surface area (Å²) in [5, 5.41) is 8.97. The molecule has 0 aliphatic heterocycles. The summed E-state index contributed by atoms with van der Waals surface area (Å²) < 4.78 is 14.1. The van der Waals surface area contributed by atoms with Crippen LogP contribution in [0.2, 0.25) is 0 Å². The predicted molar refractivity (Wildman–Crippen MR) is 71.3 cm³/mol. The molecule has 19 heavy (non-hydrogen) atoms.